The summed E-state index contributed by atoms with van der Waals surface area (Å²) in [6, 6.07) is 6.05. The predicted octanol–water partition coefficient (Wildman–Crippen LogP) is 5.32. The molecule has 3 aromatic rings. The van der Waals surface area contributed by atoms with Crippen LogP contribution >= 0.6 is 12.2 Å². The molecule has 0 aliphatic heterocycles. The third kappa shape index (κ3) is 4.70. The van der Waals surface area contributed by atoms with Gasteiger partial charge in [-0.2, -0.15) is 18.3 Å². The van der Waals surface area contributed by atoms with E-state index in [1.807, 2.05) is 0 Å². The second kappa shape index (κ2) is 8.30. The van der Waals surface area contributed by atoms with E-state index in [0.717, 1.165) is 10.7 Å². The van der Waals surface area contributed by atoms with E-state index >= 15 is 0 Å². The van der Waals surface area contributed by atoms with Gasteiger partial charge in [0.15, 0.2) is 34.2 Å². The summed E-state index contributed by atoms with van der Waals surface area (Å²) in [5, 5.41) is 8.55. The number of thiocarbonyl (C=S) groups is 1. The van der Waals surface area contributed by atoms with Crippen molar-refractivity contribution in [3.63, 3.8) is 0 Å². The number of para-hydroxylation sites is 1. The first kappa shape index (κ1) is 21.6. The first-order chi connectivity index (χ1) is 14.1. The first-order valence-electron chi connectivity index (χ1n) is 8.16. The molecule has 0 atom stereocenters. The molecular weight excluding hydrogens is 437 g/mol. The Labute approximate surface area is 170 Å². The molecule has 30 heavy (non-hydrogen) atoms. The molecule has 3 rings (SSSR count). The fourth-order valence-corrected chi connectivity index (χ4v) is 2.76. The number of hydrogen-bond acceptors (Lipinski definition) is 2. The summed E-state index contributed by atoms with van der Waals surface area (Å²) < 4.78 is 94.1. The minimum atomic E-state index is -4.60. The van der Waals surface area contributed by atoms with E-state index in [1.54, 1.807) is 0 Å². The van der Waals surface area contributed by atoms with Crippen LogP contribution in [-0.4, -0.2) is 14.9 Å². The minimum absolute atomic E-state index is 0.0229. The summed E-state index contributed by atoms with van der Waals surface area (Å²) in [7, 11) is 0. The minimum Gasteiger partial charge on any atom is -0.332 e. The van der Waals surface area contributed by atoms with E-state index in [1.165, 1.54) is 30.5 Å². The number of rotatable bonds is 4. The fourth-order valence-electron chi connectivity index (χ4n) is 2.55. The second-order valence-corrected chi connectivity index (χ2v) is 6.38. The summed E-state index contributed by atoms with van der Waals surface area (Å²) in [5.41, 5.74) is -2.10. The van der Waals surface area contributed by atoms with Crippen LogP contribution in [0.15, 0.2) is 42.6 Å². The number of alkyl halides is 3. The molecular formula is C18H11F7N4S. The number of hydrogen-bond donors (Lipinski definition) is 2. The summed E-state index contributed by atoms with van der Waals surface area (Å²) in [4.78, 5) is 0. The number of anilines is 2. The lowest BCUT2D eigenvalue weighted by molar-refractivity contribution is -0.136. The highest BCUT2D eigenvalue weighted by molar-refractivity contribution is 7.80. The molecule has 12 heteroatoms. The van der Waals surface area contributed by atoms with Crippen molar-refractivity contribution in [2.75, 3.05) is 10.6 Å². The molecule has 0 saturated carbocycles. The van der Waals surface area contributed by atoms with Gasteiger partial charge in [0.2, 0.25) is 0 Å². The molecule has 2 aromatic carbocycles. The van der Waals surface area contributed by atoms with Gasteiger partial charge in [-0.3, -0.25) is 4.68 Å². The highest BCUT2D eigenvalue weighted by Gasteiger charge is 2.33. The molecule has 0 radical (unpaired) electrons. The number of nitrogens with one attached hydrogen (secondary N) is 2. The maximum atomic E-state index is 13.8. The van der Waals surface area contributed by atoms with Gasteiger partial charge in [0, 0.05) is 18.3 Å². The Morgan fingerprint density at radius 2 is 1.60 bits per heavy atom. The average molecular weight is 448 g/mol. The molecule has 1 heterocycles. The van der Waals surface area contributed by atoms with E-state index in [-0.39, 0.29) is 22.7 Å². The van der Waals surface area contributed by atoms with Crippen LogP contribution in [-0.2, 0) is 12.7 Å². The maximum absolute atomic E-state index is 13.8. The van der Waals surface area contributed by atoms with Crippen molar-refractivity contribution in [2.45, 2.75) is 12.7 Å². The van der Waals surface area contributed by atoms with Gasteiger partial charge < -0.3 is 10.6 Å². The molecule has 0 spiro atoms. The molecule has 0 bridgehead atoms. The van der Waals surface area contributed by atoms with Gasteiger partial charge >= 0.3 is 6.18 Å². The van der Waals surface area contributed by atoms with Crippen molar-refractivity contribution in [1.29, 1.82) is 0 Å². The Kier molecular flexibility index (Phi) is 5.97. The molecule has 0 aliphatic carbocycles. The largest absolute Gasteiger partial charge is 0.418 e. The summed E-state index contributed by atoms with van der Waals surface area (Å²) in [6.45, 7) is -0.634. The molecule has 1 aromatic heterocycles. The Balaban J connectivity index is 1.72. The number of benzene rings is 2. The van der Waals surface area contributed by atoms with Gasteiger partial charge in [-0.05, 0) is 24.4 Å². The van der Waals surface area contributed by atoms with Crippen molar-refractivity contribution < 1.29 is 30.7 Å². The second-order valence-electron chi connectivity index (χ2n) is 5.97. The third-order valence-electron chi connectivity index (χ3n) is 3.89. The van der Waals surface area contributed by atoms with Crippen LogP contribution in [0.5, 0.6) is 0 Å². The van der Waals surface area contributed by atoms with Crippen molar-refractivity contribution in [3.8, 4) is 0 Å². The lowest BCUT2D eigenvalue weighted by Gasteiger charge is -2.15. The zero-order valence-corrected chi connectivity index (χ0v) is 15.5. The number of aromatic nitrogens is 2. The van der Waals surface area contributed by atoms with Crippen molar-refractivity contribution in [1.82, 2.24) is 9.78 Å². The van der Waals surface area contributed by atoms with Crippen LogP contribution in [0.1, 0.15) is 11.1 Å². The molecule has 0 fully saturated rings. The van der Waals surface area contributed by atoms with Crippen molar-refractivity contribution in [2.24, 2.45) is 0 Å². The molecule has 0 amide bonds. The van der Waals surface area contributed by atoms with Crippen LogP contribution in [0.4, 0.5) is 42.2 Å². The quantitative estimate of drug-likeness (QED) is 0.322. The van der Waals surface area contributed by atoms with Crippen LogP contribution in [0.3, 0.4) is 0 Å². The van der Waals surface area contributed by atoms with E-state index in [9.17, 15) is 30.7 Å². The standard InChI is InChI=1S/C18H11F7N4S/c19-11-7-12(20)16(22)9(15(11)21)8-29-6-5-14(28-29)27-17(30)26-13-4-2-1-3-10(13)18(23,24)25/h1-7H,8H2,(H2,26,27,28,30). The Morgan fingerprint density at radius 3 is 2.23 bits per heavy atom. The molecule has 158 valence electrons. The van der Waals surface area contributed by atoms with E-state index in [0.29, 0.717) is 0 Å². The van der Waals surface area contributed by atoms with Gasteiger partial charge in [-0.1, -0.05) is 12.1 Å². The molecule has 4 nitrogen and oxygen atoms in total. The normalized spacial score (nSPS) is 11.4. The van der Waals surface area contributed by atoms with E-state index < -0.39 is 47.1 Å². The Hall–Kier alpha value is -3.15. The highest BCUT2D eigenvalue weighted by Crippen LogP contribution is 2.34. The monoisotopic (exact) mass is 448 g/mol. The first-order valence-corrected chi connectivity index (χ1v) is 8.56. The predicted molar refractivity (Wildman–Crippen MR) is 98.9 cm³/mol. The van der Waals surface area contributed by atoms with Crippen LogP contribution in [0.25, 0.3) is 0 Å². The summed E-state index contributed by atoms with van der Waals surface area (Å²) in [5.74, 6) is -6.19. The van der Waals surface area contributed by atoms with E-state index in [4.69, 9.17) is 12.2 Å². The third-order valence-corrected chi connectivity index (χ3v) is 4.09. The fraction of sp³-hybridized carbons (Fsp3) is 0.111. The van der Waals surface area contributed by atoms with Crippen molar-refractivity contribution in [3.05, 3.63) is 77.0 Å². The molecule has 0 unspecified atom stereocenters. The molecule has 2 N–H and O–H groups in total. The zero-order chi connectivity index (χ0) is 22.1. The maximum Gasteiger partial charge on any atom is 0.418 e. The molecule has 0 saturated heterocycles. The van der Waals surface area contributed by atoms with Gasteiger partial charge in [-0.15, -0.1) is 0 Å². The summed E-state index contributed by atoms with van der Waals surface area (Å²) >= 11 is 4.96. The van der Waals surface area contributed by atoms with Crippen LogP contribution in [0.2, 0.25) is 0 Å². The highest BCUT2D eigenvalue weighted by atomic mass is 32.1. The van der Waals surface area contributed by atoms with Crippen LogP contribution < -0.4 is 10.6 Å². The Bertz CT molecular complexity index is 1070. The average Bonchev–Trinajstić information content (AvgIpc) is 3.10. The SMILES string of the molecule is Fc1cc(F)c(F)c(Cn2ccc(NC(=S)Nc3ccccc3C(F)(F)F)n2)c1F. The van der Waals surface area contributed by atoms with Gasteiger partial charge in [0.05, 0.1) is 23.4 Å². The van der Waals surface area contributed by atoms with Gasteiger partial charge in [0.1, 0.15) is 0 Å². The van der Waals surface area contributed by atoms with Crippen molar-refractivity contribution >= 4 is 28.8 Å². The molecule has 0 aliphatic rings. The lowest BCUT2D eigenvalue weighted by atomic mass is 10.2. The number of halogens is 7. The number of nitrogens with zero attached hydrogens (tertiary/aromatic N) is 2. The topological polar surface area (TPSA) is 41.9 Å². The Morgan fingerprint density at radius 1 is 0.967 bits per heavy atom. The summed E-state index contributed by atoms with van der Waals surface area (Å²) in [6.07, 6.45) is -3.37. The van der Waals surface area contributed by atoms with Gasteiger partial charge in [0.25, 0.3) is 0 Å². The van der Waals surface area contributed by atoms with Crippen LogP contribution in [0, 0.1) is 23.3 Å². The smallest absolute Gasteiger partial charge is 0.332 e. The van der Waals surface area contributed by atoms with Gasteiger partial charge in [-0.25, -0.2) is 17.6 Å². The van der Waals surface area contributed by atoms with E-state index in [2.05, 4.69) is 15.7 Å². The lowest BCUT2D eigenvalue weighted by Crippen LogP contribution is -2.22. The zero-order valence-electron chi connectivity index (χ0n) is 14.7.